The van der Waals surface area contributed by atoms with E-state index in [-0.39, 0.29) is 17.1 Å². The molecule has 1 saturated heterocycles. The summed E-state index contributed by atoms with van der Waals surface area (Å²) < 4.78 is 15.2. The third kappa shape index (κ3) is 5.05. The van der Waals surface area contributed by atoms with Gasteiger partial charge < -0.3 is 14.5 Å². The van der Waals surface area contributed by atoms with Crippen LogP contribution < -0.4 is 16.6 Å². The number of aryl methyl sites for hydroxylation is 1. The van der Waals surface area contributed by atoms with Crippen molar-refractivity contribution in [3.8, 4) is 0 Å². The van der Waals surface area contributed by atoms with Gasteiger partial charge in [0, 0.05) is 30.6 Å². The van der Waals surface area contributed by atoms with Crippen molar-refractivity contribution in [3.63, 3.8) is 0 Å². The van der Waals surface area contributed by atoms with Crippen molar-refractivity contribution >= 4 is 14.3 Å². The van der Waals surface area contributed by atoms with Crippen LogP contribution in [0.15, 0.2) is 34.5 Å². The minimum atomic E-state index is -2.05. The van der Waals surface area contributed by atoms with Gasteiger partial charge in [-0.2, -0.15) is 0 Å². The van der Waals surface area contributed by atoms with Gasteiger partial charge in [-0.15, -0.1) is 0 Å². The maximum absolute atomic E-state index is 12.6. The van der Waals surface area contributed by atoms with Gasteiger partial charge in [0.15, 0.2) is 8.32 Å². The van der Waals surface area contributed by atoms with E-state index < -0.39 is 31.9 Å². The summed E-state index contributed by atoms with van der Waals surface area (Å²) in [7, 11) is -2.05. The molecular formula is C20H31N5O5Si. The van der Waals surface area contributed by atoms with Gasteiger partial charge in [0.05, 0.1) is 12.6 Å². The highest BCUT2D eigenvalue weighted by Gasteiger charge is 2.42. The lowest BCUT2D eigenvalue weighted by Gasteiger charge is -2.37. The number of imidazole rings is 1. The molecule has 0 radical (unpaired) electrons. The minimum Gasteiger partial charge on any atom is -0.414 e. The highest BCUT2D eigenvalue weighted by Crippen LogP contribution is 2.37. The number of hydrogen-bond acceptors (Lipinski definition) is 6. The Morgan fingerprint density at radius 3 is 2.71 bits per heavy atom. The fourth-order valence-electron chi connectivity index (χ4n) is 3.13. The number of rotatable bonds is 5. The molecule has 1 aliphatic heterocycles. The van der Waals surface area contributed by atoms with Crippen LogP contribution in [-0.4, -0.2) is 52.2 Å². The van der Waals surface area contributed by atoms with Crippen molar-refractivity contribution < 1.29 is 14.0 Å². The highest BCUT2D eigenvalue weighted by molar-refractivity contribution is 6.74. The molecule has 3 heterocycles. The van der Waals surface area contributed by atoms with Crippen LogP contribution in [0.2, 0.25) is 18.1 Å². The number of nitrogens with zero attached hydrogens (tertiary/aromatic N) is 3. The Balaban J connectivity index is 1.83. The predicted molar refractivity (Wildman–Crippen MR) is 118 cm³/mol. The number of hydrogen-bond donors (Lipinski definition) is 2. The van der Waals surface area contributed by atoms with Gasteiger partial charge in [-0.1, -0.05) is 20.8 Å². The van der Waals surface area contributed by atoms with Gasteiger partial charge in [-0.25, -0.2) is 14.6 Å². The molecule has 170 valence electrons. The summed E-state index contributed by atoms with van der Waals surface area (Å²) >= 11 is 0. The summed E-state index contributed by atoms with van der Waals surface area (Å²) in [5.74, 6) is 0. The van der Waals surface area contributed by atoms with Gasteiger partial charge in [0.25, 0.3) is 5.56 Å². The summed E-state index contributed by atoms with van der Waals surface area (Å²) in [5, 5.41) is 2.98. The van der Waals surface area contributed by atoms with Crippen molar-refractivity contribution in [1.29, 1.82) is 0 Å². The first-order valence-electron chi connectivity index (χ1n) is 10.3. The fraction of sp³-hybridized carbons (Fsp3) is 0.600. The smallest absolute Gasteiger partial charge is 0.330 e. The molecule has 0 spiro atoms. The molecule has 0 unspecified atom stereocenters. The molecule has 1 amide bonds. The van der Waals surface area contributed by atoms with E-state index in [1.807, 2.05) is 0 Å². The van der Waals surface area contributed by atoms with E-state index in [4.69, 9.17) is 9.16 Å². The molecule has 3 atom stereocenters. The Hall–Kier alpha value is -2.50. The van der Waals surface area contributed by atoms with Crippen LogP contribution in [0, 0.1) is 6.92 Å². The Labute approximate surface area is 181 Å². The Morgan fingerprint density at radius 2 is 2.10 bits per heavy atom. The molecule has 0 aliphatic carbocycles. The van der Waals surface area contributed by atoms with Gasteiger partial charge in [0.1, 0.15) is 18.7 Å². The van der Waals surface area contributed by atoms with E-state index in [2.05, 4.69) is 49.1 Å². The predicted octanol–water partition coefficient (Wildman–Crippen LogP) is 1.98. The lowest BCUT2D eigenvalue weighted by atomic mass is 10.1. The van der Waals surface area contributed by atoms with E-state index in [0.717, 1.165) is 0 Å². The zero-order valence-electron chi connectivity index (χ0n) is 18.8. The second-order valence-corrected chi connectivity index (χ2v) is 14.3. The third-order valence-corrected chi connectivity index (χ3v) is 10.7. The maximum atomic E-state index is 12.6. The number of nitrogens with one attached hydrogen (secondary N) is 2. The molecule has 0 bridgehead atoms. The first kappa shape index (κ1) is 23.2. The molecular weight excluding hydrogens is 418 g/mol. The summed E-state index contributed by atoms with van der Waals surface area (Å²) in [5.41, 5.74) is -0.573. The summed E-state index contributed by atoms with van der Waals surface area (Å²) in [6.45, 7) is 12.7. The lowest BCUT2D eigenvalue weighted by Crippen LogP contribution is -2.47. The Kier molecular flexibility index (Phi) is 6.39. The molecule has 1 aliphatic rings. The summed E-state index contributed by atoms with van der Waals surface area (Å²) in [4.78, 5) is 42.9. The molecule has 0 saturated carbocycles. The number of H-pyrrole nitrogens is 1. The zero-order valence-corrected chi connectivity index (χ0v) is 19.8. The molecule has 0 aromatic carbocycles. The number of carbonyl (C=O) groups excluding carboxylic acids is 1. The molecule has 11 heteroatoms. The Morgan fingerprint density at radius 1 is 1.39 bits per heavy atom. The van der Waals surface area contributed by atoms with Crippen LogP contribution in [0.4, 0.5) is 4.79 Å². The van der Waals surface area contributed by atoms with Crippen LogP contribution in [0.3, 0.4) is 0 Å². The van der Waals surface area contributed by atoms with Gasteiger partial charge in [0.2, 0.25) is 0 Å². The molecule has 2 aromatic rings. The maximum Gasteiger partial charge on any atom is 0.330 e. The van der Waals surface area contributed by atoms with E-state index in [9.17, 15) is 14.4 Å². The molecule has 31 heavy (non-hydrogen) atoms. The number of amides is 1. The van der Waals surface area contributed by atoms with Crippen LogP contribution in [0.5, 0.6) is 0 Å². The van der Waals surface area contributed by atoms with Crippen molar-refractivity contribution in [2.24, 2.45) is 0 Å². The standard InChI is InChI=1S/C20H31N5O5Si/c1-13-10-25(19(28)23-17(13)26)16-9-14(22-18(27)24-8-7-21-12-24)15(30-16)11-29-31(5,6)20(2,3)4/h7-8,10,12,14-16H,9,11H2,1-6H3,(H,22,27)(H,23,26,28)/t14-,15+,16+/m0/s1. The van der Waals surface area contributed by atoms with Crippen molar-refractivity contribution in [1.82, 2.24) is 24.4 Å². The normalized spacial score (nSPS) is 21.9. The first-order chi connectivity index (χ1) is 14.4. The topological polar surface area (TPSA) is 120 Å². The molecule has 2 N–H and O–H groups in total. The van der Waals surface area contributed by atoms with Crippen molar-refractivity contribution in [2.45, 2.75) is 70.6 Å². The quantitative estimate of drug-likeness (QED) is 0.674. The van der Waals surface area contributed by atoms with E-state index in [0.29, 0.717) is 18.6 Å². The Bertz CT molecular complexity index is 1040. The van der Waals surface area contributed by atoms with E-state index >= 15 is 0 Å². The van der Waals surface area contributed by atoms with E-state index in [1.54, 1.807) is 13.1 Å². The molecule has 3 rings (SSSR count). The SMILES string of the molecule is Cc1cn([C@H]2C[C@H](NC(=O)n3ccnc3)[C@@H](CO[Si](C)(C)C(C)(C)C)O2)c(=O)[nH]c1=O. The fourth-order valence-corrected chi connectivity index (χ4v) is 4.14. The zero-order chi connectivity index (χ0) is 23.0. The highest BCUT2D eigenvalue weighted by atomic mass is 28.4. The van der Waals surface area contributed by atoms with Crippen LogP contribution in [0.1, 0.15) is 39.0 Å². The monoisotopic (exact) mass is 449 g/mol. The van der Waals surface area contributed by atoms with Crippen molar-refractivity contribution in [2.75, 3.05) is 6.61 Å². The second kappa shape index (κ2) is 8.56. The van der Waals surface area contributed by atoms with Gasteiger partial charge >= 0.3 is 11.7 Å². The largest absolute Gasteiger partial charge is 0.414 e. The average Bonchev–Trinajstić information content (AvgIpc) is 3.32. The minimum absolute atomic E-state index is 0.0214. The number of aromatic nitrogens is 4. The van der Waals surface area contributed by atoms with Crippen molar-refractivity contribution in [3.05, 3.63) is 51.3 Å². The van der Waals surface area contributed by atoms with Crippen LogP contribution >= 0.6 is 0 Å². The lowest BCUT2D eigenvalue weighted by molar-refractivity contribution is -0.0260. The molecule has 2 aromatic heterocycles. The van der Waals surface area contributed by atoms with Gasteiger partial charge in [-0.3, -0.25) is 18.9 Å². The number of carbonyl (C=O) groups is 1. The first-order valence-corrected chi connectivity index (χ1v) is 13.2. The summed E-state index contributed by atoms with van der Waals surface area (Å²) in [6.07, 6.45) is 5.25. The van der Waals surface area contributed by atoms with Crippen LogP contribution in [-0.2, 0) is 9.16 Å². The third-order valence-electron chi connectivity index (χ3n) is 6.15. The average molecular weight is 450 g/mol. The molecule has 1 fully saturated rings. The van der Waals surface area contributed by atoms with Crippen LogP contribution in [0.25, 0.3) is 0 Å². The second-order valence-electron chi connectivity index (χ2n) is 9.44. The molecule has 10 nitrogen and oxygen atoms in total. The number of aromatic amines is 1. The summed E-state index contributed by atoms with van der Waals surface area (Å²) in [6, 6.07) is -0.724. The van der Waals surface area contributed by atoms with E-state index in [1.165, 1.54) is 27.9 Å². The number of ether oxygens (including phenoxy) is 1. The van der Waals surface area contributed by atoms with Gasteiger partial charge in [-0.05, 0) is 25.1 Å².